The lowest BCUT2D eigenvalue weighted by Gasteiger charge is -2.23. The van der Waals surface area contributed by atoms with Gasteiger partial charge in [0.2, 0.25) is 15.9 Å². The predicted octanol–water partition coefficient (Wildman–Crippen LogP) is 2.61. The van der Waals surface area contributed by atoms with Crippen molar-refractivity contribution in [2.45, 2.75) is 44.4 Å². The van der Waals surface area contributed by atoms with E-state index >= 15 is 0 Å². The van der Waals surface area contributed by atoms with E-state index in [1.807, 2.05) is 13.8 Å². The molecule has 1 N–H and O–H groups in total. The molecule has 1 heterocycles. The first-order valence-electron chi connectivity index (χ1n) is 9.67. The number of nitrogens with zero attached hydrogens (tertiary/aromatic N) is 2. The summed E-state index contributed by atoms with van der Waals surface area (Å²) in [6.45, 7) is 5.80. The van der Waals surface area contributed by atoms with Gasteiger partial charge < -0.3 is 10.2 Å². The minimum absolute atomic E-state index is 0.0534. The number of halogens is 1. The highest BCUT2D eigenvalue weighted by Crippen LogP contribution is 2.26. The standard InChI is InChI=1S/C19H28BrN3O4S/c1-3-9-21-18(24)14-22(10-4-2)19(25)16-13-15(7-8-17(16)20)28(26,27)23-11-5-6-12-23/h7-8,13H,3-6,9-12,14H2,1-2H3,(H,21,24). The maximum Gasteiger partial charge on any atom is 0.255 e. The maximum absolute atomic E-state index is 13.1. The Morgan fingerprint density at radius 3 is 2.46 bits per heavy atom. The van der Waals surface area contributed by atoms with E-state index in [-0.39, 0.29) is 28.8 Å². The highest BCUT2D eigenvalue weighted by Gasteiger charge is 2.29. The van der Waals surface area contributed by atoms with E-state index in [4.69, 9.17) is 0 Å². The molecule has 1 aromatic carbocycles. The summed E-state index contributed by atoms with van der Waals surface area (Å²) in [5.74, 6) is -0.584. The van der Waals surface area contributed by atoms with Crippen LogP contribution in [0.25, 0.3) is 0 Å². The van der Waals surface area contributed by atoms with Crippen LogP contribution in [0.15, 0.2) is 27.6 Å². The Labute approximate surface area is 175 Å². The molecule has 0 bridgehead atoms. The monoisotopic (exact) mass is 473 g/mol. The average Bonchev–Trinajstić information content (AvgIpc) is 3.21. The van der Waals surface area contributed by atoms with E-state index in [1.54, 1.807) is 6.07 Å². The number of hydrogen-bond acceptors (Lipinski definition) is 4. The number of nitrogens with one attached hydrogen (secondary N) is 1. The van der Waals surface area contributed by atoms with Gasteiger partial charge >= 0.3 is 0 Å². The van der Waals surface area contributed by atoms with Gasteiger partial charge in [0, 0.05) is 30.7 Å². The summed E-state index contributed by atoms with van der Waals surface area (Å²) in [4.78, 5) is 26.7. The third-order valence-electron chi connectivity index (χ3n) is 4.56. The van der Waals surface area contributed by atoms with Crippen molar-refractivity contribution in [2.24, 2.45) is 0 Å². The molecule has 0 aliphatic carbocycles. The van der Waals surface area contributed by atoms with Gasteiger partial charge in [-0.15, -0.1) is 0 Å². The second-order valence-electron chi connectivity index (χ2n) is 6.83. The smallest absolute Gasteiger partial charge is 0.255 e. The van der Waals surface area contributed by atoms with Crippen LogP contribution in [0.2, 0.25) is 0 Å². The third kappa shape index (κ3) is 5.55. The first kappa shape index (κ1) is 22.8. The van der Waals surface area contributed by atoms with Crippen molar-refractivity contribution in [1.82, 2.24) is 14.5 Å². The van der Waals surface area contributed by atoms with Gasteiger partial charge in [0.05, 0.1) is 17.0 Å². The van der Waals surface area contributed by atoms with Gasteiger partial charge in [-0.1, -0.05) is 13.8 Å². The van der Waals surface area contributed by atoms with E-state index in [0.717, 1.165) is 19.3 Å². The zero-order valence-corrected chi connectivity index (χ0v) is 18.8. The molecule has 9 heteroatoms. The first-order chi connectivity index (χ1) is 13.3. The molecule has 0 radical (unpaired) electrons. The van der Waals surface area contributed by atoms with Crippen LogP contribution in [0.4, 0.5) is 0 Å². The molecule has 156 valence electrons. The summed E-state index contributed by atoms with van der Waals surface area (Å²) in [6.07, 6.45) is 3.20. The molecule has 1 aliphatic rings. The summed E-state index contributed by atoms with van der Waals surface area (Å²) < 4.78 is 27.6. The molecule has 2 rings (SSSR count). The fraction of sp³-hybridized carbons (Fsp3) is 0.579. The van der Waals surface area contributed by atoms with Crippen LogP contribution in [-0.2, 0) is 14.8 Å². The van der Waals surface area contributed by atoms with Gasteiger partial charge in [-0.3, -0.25) is 9.59 Å². The zero-order chi connectivity index (χ0) is 20.7. The highest BCUT2D eigenvalue weighted by molar-refractivity contribution is 9.10. The van der Waals surface area contributed by atoms with Crippen molar-refractivity contribution in [3.63, 3.8) is 0 Å². The molecular weight excluding hydrogens is 446 g/mol. The molecule has 0 atom stereocenters. The topological polar surface area (TPSA) is 86.8 Å². The summed E-state index contributed by atoms with van der Waals surface area (Å²) >= 11 is 3.35. The van der Waals surface area contributed by atoms with Crippen LogP contribution >= 0.6 is 15.9 Å². The number of hydrogen-bond donors (Lipinski definition) is 1. The maximum atomic E-state index is 13.1. The Morgan fingerprint density at radius 2 is 1.86 bits per heavy atom. The molecular formula is C19H28BrN3O4S. The lowest BCUT2D eigenvalue weighted by molar-refractivity contribution is -0.121. The van der Waals surface area contributed by atoms with E-state index < -0.39 is 10.0 Å². The fourth-order valence-electron chi connectivity index (χ4n) is 3.09. The van der Waals surface area contributed by atoms with Crippen molar-refractivity contribution < 1.29 is 18.0 Å². The molecule has 2 amide bonds. The first-order valence-corrected chi connectivity index (χ1v) is 11.9. The molecule has 1 aromatic rings. The molecule has 28 heavy (non-hydrogen) atoms. The number of carbonyl (C=O) groups is 2. The molecule has 1 fully saturated rings. The third-order valence-corrected chi connectivity index (χ3v) is 7.14. The molecule has 1 aliphatic heterocycles. The van der Waals surface area contributed by atoms with Gasteiger partial charge in [0.25, 0.3) is 5.91 Å². The van der Waals surface area contributed by atoms with E-state index in [9.17, 15) is 18.0 Å². The molecule has 0 unspecified atom stereocenters. The lowest BCUT2D eigenvalue weighted by Crippen LogP contribution is -2.41. The van der Waals surface area contributed by atoms with Gasteiger partial charge in [-0.05, 0) is 59.8 Å². The lowest BCUT2D eigenvalue weighted by atomic mass is 10.2. The van der Waals surface area contributed by atoms with Crippen LogP contribution in [0.5, 0.6) is 0 Å². The summed E-state index contributed by atoms with van der Waals surface area (Å²) in [6, 6.07) is 4.50. The van der Waals surface area contributed by atoms with Crippen LogP contribution in [0.1, 0.15) is 49.9 Å². The van der Waals surface area contributed by atoms with E-state index in [1.165, 1.54) is 21.3 Å². The van der Waals surface area contributed by atoms with Crippen LogP contribution < -0.4 is 5.32 Å². The number of carbonyl (C=O) groups excluding carboxylic acids is 2. The minimum atomic E-state index is -3.62. The Morgan fingerprint density at radius 1 is 1.18 bits per heavy atom. The molecule has 0 saturated carbocycles. The average molecular weight is 474 g/mol. The van der Waals surface area contributed by atoms with Crippen molar-refractivity contribution in [2.75, 3.05) is 32.7 Å². The Hall–Kier alpha value is -1.45. The largest absolute Gasteiger partial charge is 0.355 e. The molecule has 7 nitrogen and oxygen atoms in total. The summed E-state index contributed by atoms with van der Waals surface area (Å²) in [7, 11) is -3.62. The number of sulfonamides is 1. The van der Waals surface area contributed by atoms with Gasteiger partial charge in [0.1, 0.15) is 0 Å². The van der Waals surface area contributed by atoms with Crippen LogP contribution in [-0.4, -0.2) is 62.2 Å². The number of rotatable bonds is 9. The zero-order valence-electron chi connectivity index (χ0n) is 16.4. The quantitative estimate of drug-likeness (QED) is 0.596. The van der Waals surface area contributed by atoms with Crippen LogP contribution in [0, 0.1) is 0 Å². The second-order valence-corrected chi connectivity index (χ2v) is 9.62. The Balaban J connectivity index is 2.28. The van der Waals surface area contributed by atoms with E-state index in [0.29, 0.717) is 37.1 Å². The highest BCUT2D eigenvalue weighted by atomic mass is 79.9. The predicted molar refractivity (Wildman–Crippen MR) is 112 cm³/mol. The molecule has 0 aromatic heterocycles. The Kier molecular flexibility index (Phi) is 8.45. The van der Waals surface area contributed by atoms with Crippen molar-refractivity contribution in [1.29, 1.82) is 0 Å². The van der Waals surface area contributed by atoms with Gasteiger partial charge in [-0.2, -0.15) is 4.31 Å². The SMILES string of the molecule is CCCNC(=O)CN(CCC)C(=O)c1cc(S(=O)(=O)N2CCCC2)ccc1Br. The van der Waals surface area contributed by atoms with Crippen molar-refractivity contribution >= 4 is 37.8 Å². The summed E-state index contributed by atoms with van der Waals surface area (Å²) in [5, 5.41) is 2.77. The fourth-order valence-corrected chi connectivity index (χ4v) is 5.05. The number of benzene rings is 1. The van der Waals surface area contributed by atoms with Gasteiger partial charge in [0.15, 0.2) is 0 Å². The molecule has 0 spiro atoms. The second kappa shape index (κ2) is 10.4. The molecule has 1 saturated heterocycles. The van der Waals surface area contributed by atoms with Crippen LogP contribution in [0.3, 0.4) is 0 Å². The summed E-state index contributed by atoms with van der Waals surface area (Å²) in [5.41, 5.74) is 0.247. The van der Waals surface area contributed by atoms with Gasteiger partial charge in [-0.25, -0.2) is 8.42 Å². The van der Waals surface area contributed by atoms with E-state index in [2.05, 4.69) is 21.2 Å². The van der Waals surface area contributed by atoms with Crippen molar-refractivity contribution in [3.05, 3.63) is 28.2 Å². The Bertz CT molecular complexity index is 807. The normalized spacial score (nSPS) is 14.8. The number of amides is 2. The van der Waals surface area contributed by atoms with Crippen molar-refractivity contribution in [3.8, 4) is 0 Å². The minimum Gasteiger partial charge on any atom is -0.355 e.